The lowest BCUT2D eigenvalue weighted by Gasteiger charge is -2.07. The van der Waals surface area contributed by atoms with Crippen molar-refractivity contribution in [1.82, 2.24) is 4.98 Å². The molecule has 0 fully saturated rings. The number of aromatic nitrogens is 1. The van der Waals surface area contributed by atoms with E-state index in [1.807, 2.05) is 25.1 Å². The molecule has 0 saturated carbocycles. The minimum absolute atomic E-state index is 0.126. The van der Waals surface area contributed by atoms with E-state index in [4.69, 9.17) is 9.84 Å². The van der Waals surface area contributed by atoms with Gasteiger partial charge in [0.1, 0.15) is 5.75 Å². The second-order valence-electron chi connectivity index (χ2n) is 4.32. The van der Waals surface area contributed by atoms with Crippen LogP contribution in [0.25, 0.3) is 0 Å². The van der Waals surface area contributed by atoms with Gasteiger partial charge in [-0.1, -0.05) is 18.2 Å². The number of para-hydroxylation sites is 1. The molecule has 1 heterocycles. The number of anilines is 1. The van der Waals surface area contributed by atoms with Gasteiger partial charge >= 0.3 is 5.97 Å². The number of nitrogens with one attached hydrogen (secondary N) is 1. The quantitative estimate of drug-likeness (QED) is 0.853. The Morgan fingerprint density at radius 3 is 2.86 bits per heavy atom. The summed E-state index contributed by atoms with van der Waals surface area (Å²) in [5.41, 5.74) is 1.37. The number of aryl methyl sites for hydroxylation is 1. The summed E-state index contributed by atoms with van der Waals surface area (Å²) in [6, 6.07) is 7.41. The van der Waals surface area contributed by atoms with Crippen LogP contribution in [0.15, 0.2) is 29.6 Å². The van der Waals surface area contributed by atoms with Crippen molar-refractivity contribution in [1.29, 1.82) is 0 Å². The summed E-state index contributed by atoms with van der Waals surface area (Å²) in [5.74, 6) is -0.645. The molecule has 0 aliphatic carbocycles. The summed E-state index contributed by atoms with van der Waals surface area (Å²) < 4.78 is 5.41. The highest BCUT2D eigenvalue weighted by molar-refractivity contribution is 7.13. The Morgan fingerprint density at radius 1 is 1.38 bits per heavy atom. The lowest BCUT2D eigenvalue weighted by atomic mass is 10.2. The maximum atomic E-state index is 11.7. The van der Waals surface area contributed by atoms with Crippen LogP contribution in [0, 0.1) is 6.92 Å². The lowest BCUT2D eigenvalue weighted by Crippen LogP contribution is -2.20. The topological polar surface area (TPSA) is 88.5 Å². The van der Waals surface area contributed by atoms with Gasteiger partial charge in [0.15, 0.2) is 11.7 Å². The standard InChI is InChI=1S/C14H14N2O4S/c1-9-4-2-3-5-11(9)20-7-12(17)16-14-15-10(8-21-14)6-13(18)19/h2-5,8H,6-7H2,1H3,(H,18,19)(H,15,16,17). The van der Waals surface area contributed by atoms with E-state index in [0.717, 1.165) is 5.56 Å². The van der Waals surface area contributed by atoms with Crippen molar-refractivity contribution in [3.05, 3.63) is 40.9 Å². The molecule has 0 bridgehead atoms. The minimum Gasteiger partial charge on any atom is -0.483 e. The molecule has 0 spiro atoms. The zero-order chi connectivity index (χ0) is 15.2. The number of carbonyl (C=O) groups excluding carboxylic acids is 1. The SMILES string of the molecule is Cc1ccccc1OCC(=O)Nc1nc(CC(=O)O)cs1. The lowest BCUT2D eigenvalue weighted by molar-refractivity contribution is -0.136. The molecule has 1 aromatic heterocycles. The minimum atomic E-state index is -0.957. The van der Waals surface area contributed by atoms with E-state index in [1.165, 1.54) is 11.3 Å². The van der Waals surface area contributed by atoms with Crippen molar-refractivity contribution >= 4 is 28.3 Å². The molecule has 2 rings (SSSR count). The molecule has 2 aromatic rings. The smallest absolute Gasteiger partial charge is 0.309 e. The van der Waals surface area contributed by atoms with Gasteiger partial charge in [0.2, 0.25) is 0 Å². The maximum absolute atomic E-state index is 11.7. The Hall–Kier alpha value is -2.41. The van der Waals surface area contributed by atoms with Crippen LogP contribution < -0.4 is 10.1 Å². The molecule has 6 nitrogen and oxygen atoms in total. The van der Waals surface area contributed by atoms with Gasteiger partial charge in [0.25, 0.3) is 5.91 Å². The number of rotatable bonds is 6. The first-order chi connectivity index (χ1) is 10.0. The maximum Gasteiger partial charge on any atom is 0.309 e. The predicted molar refractivity (Wildman–Crippen MR) is 78.8 cm³/mol. The zero-order valence-electron chi connectivity index (χ0n) is 11.3. The number of benzene rings is 1. The molecule has 0 radical (unpaired) electrons. The van der Waals surface area contributed by atoms with Crippen molar-refractivity contribution in [2.24, 2.45) is 0 Å². The van der Waals surface area contributed by atoms with Gasteiger partial charge in [-0.15, -0.1) is 11.3 Å². The Labute approximate surface area is 125 Å². The molecule has 0 unspecified atom stereocenters. The van der Waals surface area contributed by atoms with Gasteiger partial charge in [-0.2, -0.15) is 0 Å². The third-order valence-electron chi connectivity index (χ3n) is 2.58. The van der Waals surface area contributed by atoms with Gasteiger partial charge in [-0.25, -0.2) is 4.98 Å². The molecule has 0 aliphatic rings. The molecule has 0 aliphatic heterocycles. The highest BCUT2D eigenvalue weighted by Gasteiger charge is 2.10. The second kappa shape index (κ2) is 6.85. The van der Waals surface area contributed by atoms with Crippen molar-refractivity contribution in [3.63, 3.8) is 0 Å². The number of hydrogen-bond acceptors (Lipinski definition) is 5. The molecule has 21 heavy (non-hydrogen) atoms. The number of carboxylic acids is 1. The molecule has 110 valence electrons. The van der Waals surface area contributed by atoms with Crippen LogP contribution in [-0.4, -0.2) is 28.6 Å². The van der Waals surface area contributed by atoms with Gasteiger partial charge in [-0.3, -0.25) is 14.9 Å². The van der Waals surface area contributed by atoms with Crippen molar-refractivity contribution in [3.8, 4) is 5.75 Å². The first-order valence-corrected chi connectivity index (χ1v) is 7.07. The average molecular weight is 306 g/mol. The van der Waals surface area contributed by atoms with Crippen LogP contribution in [0.2, 0.25) is 0 Å². The second-order valence-corrected chi connectivity index (χ2v) is 5.17. The van der Waals surface area contributed by atoms with Crippen LogP contribution in [-0.2, 0) is 16.0 Å². The molecule has 1 aromatic carbocycles. The molecule has 0 atom stereocenters. The number of amides is 1. The summed E-state index contributed by atoms with van der Waals surface area (Å²) in [7, 11) is 0. The molecule has 7 heteroatoms. The van der Waals surface area contributed by atoms with E-state index in [0.29, 0.717) is 16.6 Å². The number of ether oxygens (including phenoxy) is 1. The number of nitrogens with zero attached hydrogens (tertiary/aromatic N) is 1. The molecular weight excluding hydrogens is 292 g/mol. The van der Waals surface area contributed by atoms with E-state index in [2.05, 4.69) is 10.3 Å². The predicted octanol–water partition coefficient (Wildman–Crippen LogP) is 2.10. The largest absolute Gasteiger partial charge is 0.483 e. The van der Waals surface area contributed by atoms with E-state index in [9.17, 15) is 9.59 Å². The number of hydrogen-bond donors (Lipinski definition) is 2. The fourth-order valence-corrected chi connectivity index (χ4v) is 2.34. The zero-order valence-corrected chi connectivity index (χ0v) is 12.1. The van der Waals surface area contributed by atoms with Gasteiger partial charge < -0.3 is 9.84 Å². The van der Waals surface area contributed by atoms with E-state index >= 15 is 0 Å². The summed E-state index contributed by atoms with van der Waals surface area (Å²) in [4.78, 5) is 26.3. The average Bonchev–Trinajstić information content (AvgIpc) is 2.84. The Kier molecular flexibility index (Phi) is 4.89. The van der Waals surface area contributed by atoms with Crippen molar-refractivity contribution in [2.75, 3.05) is 11.9 Å². The number of carboxylic acid groups (broad SMARTS) is 1. The van der Waals surface area contributed by atoms with Gasteiger partial charge in [-0.05, 0) is 18.6 Å². The summed E-state index contributed by atoms with van der Waals surface area (Å²) in [6.45, 7) is 1.77. The molecule has 0 saturated heterocycles. The molecule has 1 amide bonds. The van der Waals surface area contributed by atoms with Crippen LogP contribution in [0.3, 0.4) is 0 Å². The summed E-state index contributed by atoms with van der Waals surface area (Å²) in [6.07, 6.45) is -0.161. The Morgan fingerprint density at radius 2 is 2.14 bits per heavy atom. The van der Waals surface area contributed by atoms with Crippen LogP contribution >= 0.6 is 11.3 Å². The third kappa shape index (κ3) is 4.57. The van der Waals surface area contributed by atoms with E-state index < -0.39 is 5.97 Å². The number of carbonyl (C=O) groups is 2. The summed E-state index contributed by atoms with van der Waals surface area (Å²) in [5, 5.41) is 13.2. The first-order valence-electron chi connectivity index (χ1n) is 6.19. The normalized spacial score (nSPS) is 10.1. The monoisotopic (exact) mass is 306 g/mol. The van der Waals surface area contributed by atoms with Crippen LogP contribution in [0.1, 0.15) is 11.3 Å². The highest BCUT2D eigenvalue weighted by Crippen LogP contribution is 2.17. The molecular formula is C14H14N2O4S. The highest BCUT2D eigenvalue weighted by atomic mass is 32.1. The number of thiazole rings is 1. The van der Waals surface area contributed by atoms with Crippen LogP contribution in [0.4, 0.5) is 5.13 Å². The molecule has 2 N–H and O–H groups in total. The van der Waals surface area contributed by atoms with Crippen molar-refractivity contribution < 1.29 is 19.4 Å². The van der Waals surface area contributed by atoms with E-state index in [-0.39, 0.29) is 18.9 Å². The Bertz CT molecular complexity index is 654. The summed E-state index contributed by atoms with van der Waals surface area (Å²) >= 11 is 1.18. The van der Waals surface area contributed by atoms with Crippen molar-refractivity contribution in [2.45, 2.75) is 13.3 Å². The number of aliphatic carboxylic acids is 1. The first kappa shape index (κ1) is 15.0. The van der Waals surface area contributed by atoms with Crippen LogP contribution in [0.5, 0.6) is 5.75 Å². The third-order valence-corrected chi connectivity index (χ3v) is 3.39. The van der Waals surface area contributed by atoms with Gasteiger partial charge in [0, 0.05) is 5.38 Å². The fourth-order valence-electron chi connectivity index (χ4n) is 1.62. The van der Waals surface area contributed by atoms with Gasteiger partial charge in [0.05, 0.1) is 12.1 Å². The fraction of sp³-hybridized carbons (Fsp3) is 0.214. The Balaban J connectivity index is 1.86. The van der Waals surface area contributed by atoms with E-state index in [1.54, 1.807) is 11.4 Å².